The molecule has 1 aromatic rings. The zero-order valence-corrected chi connectivity index (χ0v) is 12.6. The minimum atomic E-state index is -0.120. The molecule has 5 nitrogen and oxygen atoms in total. The average molecular weight is 293 g/mol. The highest BCUT2D eigenvalue weighted by atomic mass is 16.5. The molecule has 0 aromatic heterocycles. The van der Waals surface area contributed by atoms with E-state index in [4.69, 9.17) is 9.47 Å². The van der Waals surface area contributed by atoms with Crippen LogP contribution in [0.4, 0.5) is 0 Å². The lowest BCUT2D eigenvalue weighted by Gasteiger charge is -2.37. The van der Waals surface area contributed by atoms with Crippen LogP contribution in [0.3, 0.4) is 0 Å². The number of ketones is 1. The quantitative estimate of drug-likeness (QED) is 0.802. The second-order valence-corrected chi connectivity index (χ2v) is 5.38. The monoisotopic (exact) mass is 293 g/mol. The Bertz CT molecular complexity index is 477. The first-order valence-electron chi connectivity index (χ1n) is 7.31. The number of aliphatic hydroxyl groups is 1. The Kier molecular flexibility index (Phi) is 5.73. The fourth-order valence-electron chi connectivity index (χ4n) is 2.45. The van der Waals surface area contributed by atoms with Crippen LogP contribution in [0.15, 0.2) is 24.3 Å². The zero-order valence-electron chi connectivity index (χ0n) is 12.6. The van der Waals surface area contributed by atoms with Gasteiger partial charge in [-0.05, 0) is 26.0 Å². The fourth-order valence-corrected chi connectivity index (χ4v) is 2.45. The molecule has 1 fully saturated rings. The smallest absolute Gasteiger partial charge is 0.163 e. The van der Waals surface area contributed by atoms with E-state index in [9.17, 15) is 9.90 Å². The third-order valence-electron chi connectivity index (χ3n) is 3.74. The van der Waals surface area contributed by atoms with Gasteiger partial charge in [0.1, 0.15) is 12.4 Å². The number of benzene rings is 1. The van der Waals surface area contributed by atoms with E-state index in [-0.39, 0.29) is 18.5 Å². The van der Waals surface area contributed by atoms with Crippen LogP contribution in [0.5, 0.6) is 5.75 Å². The van der Waals surface area contributed by atoms with Crippen LogP contribution in [0.1, 0.15) is 24.2 Å². The van der Waals surface area contributed by atoms with Gasteiger partial charge >= 0.3 is 0 Å². The summed E-state index contributed by atoms with van der Waals surface area (Å²) in [4.78, 5) is 13.8. The standard InChI is InChI=1S/C16H23NO4/c1-12-11-21-14(10-18)9-17(12)7-8-20-16-6-4-3-5-15(16)13(2)19/h3-6,12,14,18H,7-11H2,1-2H3. The van der Waals surface area contributed by atoms with Gasteiger partial charge in [0.15, 0.2) is 5.78 Å². The van der Waals surface area contributed by atoms with Crippen LogP contribution < -0.4 is 4.74 Å². The third kappa shape index (κ3) is 4.27. The lowest BCUT2D eigenvalue weighted by atomic mass is 10.1. The maximum atomic E-state index is 11.5. The second-order valence-electron chi connectivity index (χ2n) is 5.38. The molecule has 2 unspecified atom stereocenters. The first kappa shape index (κ1) is 15.9. The summed E-state index contributed by atoms with van der Waals surface area (Å²) in [5, 5.41) is 9.18. The highest BCUT2D eigenvalue weighted by Crippen LogP contribution is 2.18. The van der Waals surface area contributed by atoms with Crippen molar-refractivity contribution in [2.24, 2.45) is 0 Å². The number of Topliss-reactive ketones (excluding diaryl/α,β-unsaturated/α-hetero) is 1. The summed E-state index contributed by atoms with van der Waals surface area (Å²) in [5.74, 6) is 0.635. The largest absolute Gasteiger partial charge is 0.491 e. The molecule has 116 valence electrons. The molecule has 0 amide bonds. The Morgan fingerprint density at radius 3 is 2.95 bits per heavy atom. The number of hydrogen-bond donors (Lipinski definition) is 1. The van der Waals surface area contributed by atoms with Gasteiger partial charge in [0, 0.05) is 19.1 Å². The number of carbonyl (C=O) groups excluding carboxylic acids is 1. The Labute approximate surface area is 125 Å². The van der Waals surface area contributed by atoms with Gasteiger partial charge in [0.05, 0.1) is 24.9 Å². The van der Waals surface area contributed by atoms with E-state index in [1.54, 1.807) is 6.07 Å². The Morgan fingerprint density at radius 1 is 1.48 bits per heavy atom. The number of aliphatic hydroxyl groups excluding tert-OH is 1. The molecule has 0 aliphatic carbocycles. The summed E-state index contributed by atoms with van der Waals surface area (Å²) in [7, 11) is 0. The first-order valence-corrected chi connectivity index (χ1v) is 7.31. The summed E-state index contributed by atoms with van der Waals surface area (Å²) < 4.78 is 11.3. The van der Waals surface area contributed by atoms with Gasteiger partial charge in [-0.25, -0.2) is 0 Å². The molecule has 1 aliphatic rings. The molecule has 0 spiro atoms. The van der Waals surface area contributed by atoms with Crippen molar-refractivity contribution in [3.8, 4) is 5.75 Å². The summed E-state index contributed by atoms with van der Waals surface area (Å²) >= 11 is 0. The van der Waals surface area contributed by atoms with Crippen molar-refractivity contribution in [3.05, 3.63) is 29.8 Å². The van der Waals surface area contributed by atoms with Crippen LogP contribution in [0, 0.1) is 0 Å². The maximum absolute atomic E-state index is 11.5. The SMILES string of the molecule is CC(=O)c1ccccc1OCCN1CC(CO)OCC1C. The van der Waals surface area contributed by atoms with Gasteiger partial charge in [0.2, 0.25) is 0 Å². The molecule has 0 saturated carbocycles. The van der Waals surface area contributed by atoms with Gasteiger partial charge in [-0.3, -0.25) is 9.69 Å². The maximum Gasteiger partial charge on any atom is 0.163 e. The van der Waals surface area contributed by atoms with Crippen molar-refractivity contribution >= 4 is 5.78 Å². The van der Waals surface area contributed by atoms with E-state index in [2.05, 4.69) is 11.8 Å². The number of hydrogen-bond acceptors (Lipinski definition) is 5. The van der Waals surface area contributed by atoms with E-state index in [1.807, 2.05) is 18.2 Å². The molecule has 2 rings (SSSR count). The zero-order chi connectivity index (χ0) is 15.2. The molecule has 21 heavy (non-hydrogen) atoms. The van der Waals surface area contributed by atoms with Gasteiger partial charge in [-0.2, -0.15) is 0 Å². The van der Waals surface area contributed by atoms with Crippen molar-refractivity contribution < 1.29 is 19.4 Å². The Morgan fingerprint density at radius 2 is 2.24 bits per heavy atom. The van der Waals surface area contributed by atoms with Crippen molar-refractivity contribution in [3.63, 3.8) is 0 Å². The molecule has 0 radical (unpaired) electrons. The highest BCUT2D eigenvalue weighted by molar-refractivity contribution is 5.96. The normalized spacial score (nSPS) is 23.0. The molecular weight excluding hydrogens is 270 g/mol. The Balaban J connectivity index is 1.88. The Hall–Kier alpha value is -1.43. The van der Waals surface area contributed by atoms with Crippen molar-refractivity contribution in [2.75, 3.05) is 32.9 Å². The molecule has 1 heterocycles. The molecule has 1 aliphatic heterocycles. The summed E-state index contributed by atoms with van der Waals surface area (Å²) in [6.07, 6.45) is -0.120. The van der Waals surface area contributed by atoms with E-state index in [0.29, 0.717) is 37.1 Å². The van der Waals surface area contributed by atoms with Gasteiger partial charge in [-0.15, -0.1) is 0 Å². The van der Waals surface area contributed by atoms with Gasteiger partial charge < -0.3 is 14.6 Å². The molecule has 1 saturated heterocycles. The predicted molar refractivity (Wildman–Crippen MR) is 79.8 cm³/mol. The summed E-state index contributed by atoms with van der Waals surface area (Å²) in [5.41, 5.74) is 0.612. The summed E-state index contributed by atoms with van der Waals surface area (Å²) in [6.45, 7) is 6.25. The lowest BCUT2D eigenvalue weighted by Crippen LogP contribution is -2.50. The van der Waals surface area contributed by atoms with Gasteiger partial charge in [0.25, 0.3) is 0 Å². The highest BCUT2D eigenvalue weighted by Gasteiger charge is 2.25. The van der Waals surface area contributed by atoms with E-state index in [0.717, 1.165) is 6.54 Å². The van der Waals surface area contributed by atoms with Crippen LogP contribution in [-0.2, 0) is 4.74 Å². The number of para-hydroxylation sites is 1. The molecular formula is C16H23NO4. The predicted octanol–water partition coefficient (Wildman–Crippen LogP) is 1.35. The molecule has 1 N–H and O–H groups in total. The van der Waals surface area contributed by atoms with E-state index >= 15 is 0 Å². The summed E-state index contributed by atoms with van der Waals surface area (Å²) in [6, 6.07) is 7.59. The minimum absolute atomic E-state index is 0.00526. The third-order valence-corrected chi connectivity index (χ3v) is 3.74. The number of morpholine rings is 1. The van der Waals surface area contributed by atoms with Crippen LogP contribution >= 0.6 is 0 Å². The average Bonchev–Trinajstić information content (AvgIpc) is 2.49. The van der Waals surface area contributed by atoms with Crippen molar-refractivity contribution in [2.45, 2.75) is 26.0 Å². The van der Waals surface area contributed by atoms with Crippen molar-refractivity contribution in [1.29, 1.82) is 0 Å². The molecule has 2 atom stereocenters. The van der Waals surface area contributed by atoms with Crippen LogP contribution in [-0.4, -0.2) is 60.8 Å². The molecule has 5 heteroatoms. The lowest BCUT2D eigenvalue weighted by molar-refractivity contribution is -0.0798. The van der Waals surface area contributed by atoms with E-state index in [1.165, 1.54) is 6.92 Å². The fraction of sp³-hybridized carbons (Fsp3) is 0.562. The van der Waals surface area contributed by atoms with Crippen molar-refractivity contribution in [1.82, 2.24) is 4.90 Å². The topological polar surface area (TPSA) is 59.0 Å². The number of carbonyl (C=O) groups is 1. The molecule has 0 bridgehead atoms. The second kappa shape index (κ2) is 7.54. The van der Waals surface area contributed by atoms with Crippen LogP contribution in [0.2, 0.25) is 0 Å². The van der Waals surface area contributed by atoms with E-state index < -0.39 is 0 Å². The first-order chi connectivity index (χ1) is 10.1. The van der Waals surface area contributed by atoms with Gasteiger partial charge in [-0.1, -0.05) is 12.1 Å². The molecule has 1 aromatic carbocycles. The number of rotatable bonds is 6. The van der Waals surface area contributed by atoms with Crippen LogP contribution in [0.25, 0.3) is 0 Å². The number of ether oxygens (including phenoxy) is 2. The minimum Gasteiger partial charge on any atom is -0.491 e. The number of nitrogens with zero attached hydrogens (tertiary/aromatic N) is 1.